The number of Topliss-reactive ketones (excluding diaryl/α,β-unsaturated/α-hetero) is 1. The van der Waals surface area contributed by atoms with Crippen LogP contribution in [-0.2, 0) is 36.8 Å². The molecule has 45 heavy (non-hydrogen) atoms. The van der Waals surface area contributed by atoms with Crippen LogP contribution in [0.1, 0.15) is 64.5 Å². The fourth-order valence-corrected chi connectivity index (χ4v) is 4.86. The molecule has 0 spiro atoms. The number of carbonyl (C=O) groups is 5. The third-order valence-electron chi connectivity index (χ3n) is 7.62. The predicted molar refractivity (Wildman–Crippen MR) is 176 cm³/mol. The number of hydrogen-bond acceptors (Lipinski definition) is 6. The Kier molecular flexibility index (Phi) is 17.2. The summed E-state index contributed by atoms with van der Waals surface area (Å²) in [6, 6.07) is 17.1. The maximum atomic E-state index is 13.3. The maximum absolute atomic E-state index is 13.3. The van der Waals surface area contributed by atoms with Crippen molar-refractivity contribution >= 4 is 29.4 Å². The van der Waals surface area contributed by atoms with Crippen LogP contribution in [0.25, 0.3) is 0 Å². The van der Waals surface area contributed by atoms with Crippen LogP contribution in [0.2, 0.25) is 0 Å². The van der Waals surface area contributed by atoms with Gasteiger partial charge < -0.3 is 21.3 Å². The zero-order valence-electron chi connectivity index (χ0n) is 27.3. The average molecular weight is 622 g/mol. The molecule has 0 bridgehead atoms. The van der Waals surface area contributed by atoms with Crippen molar-refractivity contribution in [3.63, 3.8) is 0 Å². The highest BCUT2D eigenvalue weighted by molar-refractivity contribution is 5.94. The fourth-order valence-electron chi connectivity index (χ4n) is 4.86. The van der Waals surface area contributed by atoms with E-state index in [2.05, 4.69) is 40.0 Å². The Bertz CT molecular complexity index is 1200. The van der Waals surface area contributed by atoms with Gasteiger partial charge in [0.2, 0.25) is 23.6 Å². The Morgan fingerprint density at radius 3 is 1.80 bits per heavy atom. The molecule has 2 rings (SSSR count). The van der Waals surface area contributed by atoms with Crippen molar-refractivity contribution in [3.05, 3.63) is 71.8 Å². The lowest BCUT2D eigenvalue weighted by atomic mass is 10.0. The Morgan fingerprint density at radius 1 is 0.689 bits per heavy atom. The lowest BCUT2D eigenvalue weighted by Gasteiger charge is -2.23. The second-order valence-corrected chi connectivity index (χ2v) is 11.4. The molecule has 0 aliphatic rings. The first-order valence-corrected chi connectivity index (χ1v) is 16.1. The number of hydrogen-bond donors (Lipinski definition) is 4. The molecule has 10 heteroatoms. The van der Waals surface area contributed by atoms with E-state index in [0.717, 1.165) is 37.1 Å². The molecule has 0 fully saturated rings. The van der Waals surface area contributed by atoms with Crippen molar-refractivity contribution < 1.29 is 24.0 Å². The first-order valence-electron chi connectivity index (χ1n) is 16.1. The zero-order valence-corrected chi connectivity index (χ0v) is 27.3. The highest BCUT2D eigenvalue weighted by Crippen LogP contribution is 2.07. The summed E-state index contributed by atoms with van der Waals surface area (Å²) in [6.45, 7) is 9.08. The van der Waals surface area contributed by atoms with Crippen LogP contribution in [0, 0.1) is 5.92 Å². The lowest BCUT2D eigenvalue weighted by molar-refractivity contribution is -0.132. The van der Waals surface area contributed by atoms with Gasteiger partial charge in [-0.15, -0.1) is 0 Å². The molecule has 4 amide bonds. The van der Waals surface area contributed by atoms with Crippen LogP contribution in [-0.4, -0.2) is 79.1 Å². The Morgan fingerprint density at radius 2 is 1.22 bits per heavy atom. The number of carbonyl (C=O) groups excluding carboxylic acids is 5. The molecule has 0 unspecified atom stereocenters. The molecular formula is C35H51N5O5. The summed E-state index contributed by atoms with van der Waals surface area (Å²) >= 11 is 0. The third-order valence-corrected chi connectivity index (χ3v) is 7.62. The van der Waals surface area contributed by atoms with E-state index in [4.69, 9.17) is 0 Å². The molecule has 0 heterocycles. The molecule has 0 aliphatic heterocycles. The number of aryl methyl sites for hydroxylation is 1. The van der Waals surface area contributed by atoms with E-state index in [0.29, 0.717) is 19.3 Å². The Labute approximate surface area is 268 Å². The molecule has 10 nitrogen and oxygen atoms in total. The molecular weight excluding hydrogens is 570 g/mol. The quantitative estimate of drug-likeness (QED) is 0.169. The van der Waals surface area contributed by atoms with E-state index in [-0.39, 0.29) is 43.7 Å². The van der Waals surface area contributed by atoms with Gasteiger partial charge in [0, 0.05) is 12.3 Å². The number of ketones is 1. The summed E-state index contributed by atoms with van der Waals surface area (Å²) in [7, 11) is 0. The molecule has 3 atom stereocenters. The van der Waals surface area contributed by atoms with Crippen molar-refractivity contribution in [2.24, 2.45) is 5.92 Å². The van der Waals surface area contributed by atoms with Crippen LogP contribution < -0.4 is 21.3 Å². The Balaban J connectivity index is 2.06. The molecule has 0 aromatic heterocycles. The van der Waals surface area contributed by atoms with E-state index < -0.39 is 29.8 Å². The number of benzene rings is 2. The van der Waals surface area contributed by atoms with Gasteiger partial charge in [-0.05, 0) is 56.3 Å². The van der Waals surface area contributed by atoms with Crippen LogP contribution >= 0.6 is 0 Å². The van der Waals surface area contributed by atoms with E-state index in [9.17, 15) is 24.0 Å². The number of nitrogens with zero attached hydrogens (tertiary/aromatic N) is 1. The minimum Gasteiger partial charge on any atom is -0.347 e. The molecule has 0 aliphatic carbocycles. The fraction of sp³-hybridized carbons (Fsp3) is 0.514. The van der Waals surface area contributed by atoms with Gasteiger partial charge in [0.1, 0.15) is 12.1 Å². The predicted octanol–water partition coefficient (Wildman–Crippen LogP) is 2.80. The Hall–Kier alpha value is -4.05. The monoisotopic (exact) mass is 621 g/mol. The topological polar surface area (TPSA) is 137 Å². The van der Waals surface area contributed by atoms with Gasteiger partial charge in [-0.3, -0.25) is 28.9 Å². The maximum Gasteiger partial charge on any atom is 0.243 e. The number of rotatable bonds is 21. The SMILES string of the molecule is CCCN(CCC)CC(=O)N[C@@H](CCc1ccccc1)C(=O)NCC(=O)N[C@@H](Cc1ccccc1)C(=O)NCC(=O)[C@H](C)CC. The second-order valence-electron chi connectivity index (χ2n) is 11.4. The van der Waals surface area contributed by atoms with Gasteiger partial charge >= 0.3 is 0 Å². The van der Waals surface area contributed by atoms with Gasteiger partial charge in [-0.2, -0.15) is 0 Å². The van der Waals surface area contributed by atoms with E-state index >= 15 is 0 Å². The van der Waals surface area contributed by atoms with Gasteiger partial charge in [0.05, 0.1) is 19.6 Å². The summed E-state index contributed by atoms with van der Waals surface area (Å²) in [6.07, 6.45) is 3.63. The van der Waals surface area contributed by atoms with E-state index in [1.54, 1.807) is 0 Å². The average Bonchev–Trinajstić information content (AvgIpc) is 3.04. The number of nitrogens with one attached hydrogen (secondary N) is 4. The molecule has 2 aromatic rings. The van der Waals surface area contributed by atoms with Crippen LogP contribution in [0.3, 0.4) is 0 Å². The molecule has 0 saturated heterocycles. The van der Waals surface area contributed by atoms with Crippen molar-refractivity contribution in [2.75, 3.05) is 32.7 Å². The smallest absolute Gasteiger partial charge is 0.243 e. The molecule has 0 radical (unpaired) electrons. The van der Waals surface area contributed by atoms with Crippen LogP contribution in [0.15, 0.2) is 60.7 Å². The van der Waals surface area contributed by atoms with Crippen LogP contribution in [0.5, 0.6) is 0 Å². The first-order chi connectivity index (χ1) is 21.7. The summed E-state index contributed by atoms with van der Waals surface area (Å²) in [5.74, 6) is -2.03. The lowest BCUT2D eigenvalue weighted by Crippen LogP contribution is -2.54. The van der Waals surface area contributed by atoms with Crippen LogP contribution in [0.4, 0.5) is 0 Å². The standard InChI is InChI=1S/C35H51N5O5/c1-5-20-40(21-6-2)25-33(43)38-29(19-18-27-14-10-8-11-15-27)34(44)37-24-32(42)39-30(22-28-16-12-9-13-17-28)35(45)36-23-31(41)26(4)7-3/h8-17,26,29-30H,5-7,18-25H2,1-4H3,(H,36,45)(H,37,44)(H,38,43)(H,39,42)/t26-,29+,30+/m1/s1. The highest BCUT2D eigenvalue weighted by atomic mass is 16.2. The summed E-state index contributed by atoms with van der Waals surface area (Å²) in [4.78, 5) is 66.6. The molecule has 2 aromatic carbocycles. The first kappa shape index (κ1) is 37.1. The van der Waals surface area contributed by atoms with Crippen molar-refractivity contribution in [2.45, 2.75) is 78.3 Å². The molecule has 0 saturated carbocycles. The van der Waals surface area contributed by atoms with E-state index in [1.165, 1.54) is 0 Å². The molecule has 246 valence electrons. The largest absolute Gasteiger partial charge is 0.347 e. The van der Waals surface area contributed by atoms with Crippen molar-refractivity contribution in [1.82, 2.24) is 26.2 Å². The normalized spacial score (nSPS) is 12.9. The van der Waals surface area contributed by atoms with Gasteiger partial charge in [0.25, 0.3) is 0 Å². The minimum absolute atomic E-state index is 0.0843. The summed E-state index contributed by atoms with van der Waals surface area (Å²) in [5.41, 5.74) is 1.86. The molecule has 4 N–H and O–H groups in total. The zero-order chi connectivity index (χ0) is 33.0. The van der Waals surface area contributed by atoms with Crippen molar-refractivity contribution in [1.29, 1.82) is 0 Å². The van der Waals surface area contributed by atoms with Gasteiger partial charge in [-0.25, -0.2) is 0 Å². The summed E-state index contributed by atoms with van der Waals surface area (Å²) in [5, 5.41) is 10.9. The number of amides is 4. The van der Waals surface area contributed by atoms with Gasteiger partial charge in [0.15, 0.2) is 5.78 Å². The summed E-state index contributed by atoms with van der Waals surface area (Å²) < 4.78 is 0. The minimum atomic E-state index is -0.946. The highest BCUT2D eigenvalue weighted by Gasteiger charge is 2.25. The van der Waals surface area contributed by atoms with Crippen molar-refractivity contribution in [3.8, 4) is 0 Å². The van der Waals surface area contributed by atoms with E-state index in [1.807, 2.05) is 74.5 Å². The van der Waals surface area contributed by atoms with Gasteiger partial charge in [-0.1, -0.05) is 88.4 Å². The second kappa shape index (κ2) is 20.8. The third kappa shape index (κ3) is 14.5.